The third-order valence-electron chi connectivity index (χ3n) is 0.742. The number of alkyl halides is 1. The molecule has 0 heterocycles. The first-order chi connectivity index (χ1) is 4.22. The number of nitrogens with zero attached hydrogens (tertiary/aromatic N) is 1. The van der Waals surface area contributed by atoms with Gasteiger partial charge in [0.25, 0.3) is 0 Å². The monoisotopic (exact) mass is 167 g/mol. The van der Waals surface area contributed by atoms with Gasteiger partial charge in [-0.25, -0.2) is 0 Å². The highest BCUT2D eigenvalue weighted by molar-refractivity contribution is 6.63. The Bertz CT molecular complexity index is 116. The lowest BCUT2D eigenvalue weighted by Crippen LogP contribution is -2.24. The maximum atomic E-state index is 10.3. The molecule has 0 aliphatic heterocycles. The summed E-state index contributed by atoms with van der Waals surface area (Å²) in [5, 5.41) is -0.551. The number of rotatable bonds is 3. The maximum absolute atomic E-state index is 10.3. The van der Waals surface area contributed by atoms with Crippen LogP contribution < -0.4 is 0 Å². The molecule has 4 heteroatoms. The molecule has 9 heavy (non-hydrogen) atoms. The number of carbonyl (C=O) groups excluding carboxylic acids is 1. The van der Waals surface area contributed by atoms with Crippen LogP contribution in [0.3, 0.4) is 0 Å². The summed E-state index contributed by atoms with van der Waals surface area (Å²) in [6.45, 7) is 3.81. The molecule has 0 radical (unpaired) electrons. The number of amides is 1. The van der Waals surface area contributed by atoms with Crippen LogP contribution in [-0.2, 0) is 0 Å². The average Bonchev–Trinajstić information content (AvgIpc) is 1.82. The summed E-state index contributed by atoms with van der Waals surface area (Å²) in [4.78, 5) is 11.6. The Morgan fingerprint density at radius 3 is 2.44 bits per heavy atom. The molecule has 0 unspecified atom stereocenters. The second-order valence-electron chi connectivity index (χ2n) is 1.38. The van der Waals surface area contributed by atoms with E-state index in [4.69, 9.17) is 23.2 Å². The molecule has 0 atom stereocenters. The van der Waals surface area contributed by atoms with Gasteiger partial charge in [-0.15, -0.1) is 18.2 Å². The maximum Gasteiger partial charge on any atom is 0.317 e. The highest BCUT2D eigenvalue weighted by Crippen LogP contribution is 1.97. The molecule has 0 spiro atoms. The second kappa shape index (κ2) is 4.65. The molecule has 2 nitrogen and oxygen atoms in total. The summed E-state index contributed by atoms with van der Waals surface area (Å²) in [7, 11) is 0. The van der Waals surface area contributed by atoms with Gasteiger partial charge < -0.3 is 4.90 Å². The van der Waals surface area contributed by atoms with Crippen molar-refractivity contribution >= 4 is 28.6 Å². The average molecular weight is 168 g/mol. The summed E-state index contributed by atoms with van der Waals surface area (Å²) < 4.78 is 0. The molecule has 0 saturated carbocycles. The van der Waals surface area contributed by atoms with Gasteiger partial charge in [0.1, 0.15) is 0 Å². The third-order valence-corrected chi connectivity index (χ3v) is 1.27. The lowest BCUT2D eigenvalue weighted by molar-refractivity contribution is 0.234. The zero-order valence-corrected chi connectivity index (χ0v) is 6.32. The Hall–Kier alpha value is -0.210. The molecular formula is C5H7Cl2NO. The van der Waals surface area contributed by atoms with Crippen molar-refractivity contribution in [2.24, 2.45) is 0 Å². The van der Waals surface area contributed by atoms with Crippen LogP contribution >= 0.6 is 23.2 Å². The van der Waals surface area contributed by atoms with E-state index in [0.717, 1.165) is 0 Å². The molecule has 0 aromatic carbocycles. The zero-order valence-electron chi connectivity index (χ0n) is 4.81. The molecule has 0 aromatic heterocycles. The summed E-state index contributed by atoms with van der Waals surface area (Å²) in [5.74, 6) is 0. The van der Waals surface area contributed by atoms with Crippen molar-refractivity contribution in [3.8, 4) is 0 Å². The van der Waals surface area contributed by atoms with Crippen molar-refractivity contribution in [2.75, 3.05) is 12.5 Å². The lowest BCUT2D eigenvalue weighted by Gasteiger charge is -2.11. The van der Waals surface area contributed by atoms with Crippen molar-refractivity contribution in [2.45, 2.75) is 0 Å². The van der Waals surface area contributed by atoms with Crippen LogP contribution in [0.2, 0.25) is 0 Å². The normalized spacial score (nSPS) is 8.67. The fourth-order valence-electron chi connectivity index (χ4n) is 0.323. The smallest absolute Gasteiger partial charge is 0.312 e. The Labute approximate surface area is 64.0 Å². The molecule has 0 fully saturated rings. The molecule has 0 bridgehead atoms. The summed E-state index contributed by atoms with van der Waals surface area (Å²) in [6.07, 6.45) is 1.56. The fraction of sp³-hybridized carbons (Fsp3) is 0.400. The van der Waals surface area contributed by atoms with Gasteiger partial charge >= 0.3 is 5.37 Å². The van der Waals surface area contributed by atoms with E-state index in [1.54, 1.807) is 6.08 Å². The summed E-state index contributed by atoms with van der Waals surface area (Å²) in [6, 6.07) is 0.106. The standard InChI is InChI=1S/C5H7Cl2NO/c1-2-3-8(4-6)5(7)9/h2H,1,3-4H2. The molecule has 0 aromatic rings. The molecule has 52 valence electrons. The first-order valence-corrected chi connectivity index (χ1v) is 3.25. The van der Waals surface area contributed by atoms with Gasteiger partial charge in [-0.1, -0.05) is 6.08 Å². The number of hydrogen-bond donors (Lipinski definition) is 0. The van der Waals surface area contributed by atoms with Crippen LogP contribution in [0.1, 0.15) is 0 Å². The van der Waals surface area contributed by atoms with Crippen molar-refractivity contribution < 1.29 is 4.79 Å². The number of halogens is 2. The Balaban J connectivity index is 3.67. The lowest BCUT2D eigenvalue weighted by atomic mass is 10.6. The predicted octanol–water partition coefficient (Wildman–Crippen LogP) is 2.03. The predicted molar refractivity (Wildman–Crippen MR) is 38.9 cm³/mol. The van der Waals surface area contributed by atoms with Crippen LogP contribution in [0.5, 0.6) is 0 Å². The highest BCUT2D eigenvalue weighted by Gasteiger charge is 2.04. The minimum atomic E-state index is -0.551. The second-order valence-corrected chi connectivity index (χ2v) is 1.95. The van der Waals surface area contributed by atoms with Gasteiger partial charge in [0.15, 0.2) is 0 Å². The summed E-state index contributed by atoms with van der Waals surface area (Å²) in [5.41, 5.74) is 0. The van der Waals surface area contributed by atoms with Gasteiger partial charge in [-0.2, -0.15) is 0 Å². The highest BCUT2D eigenvalue weighted by atomic mass is 35.5. The van der Waals surface area contributed by atoms with E-state index < -0.39 is 5.37 Å². The first kappa shape index (κ1) is 8.79. The van der Waals surface area contributed by atoms with Gasteiger partial charge in [0.2, 0.25) is 0 Å². The van der Waals surface area contributed by atoms with Crippen molar-refractivity contribution in [1.29, 1.82) is 0 Å². The van der Waals surface area contributed by atoms with Crippen LogP contribution in [0.15, 0.2) is 12.7 Å². The minimum Gasteiger partial charge on any atom is -0.312 e. The van der Waals surface area contributed by atoms with Crippen molar-refractivity contribution in [3.63, 3.8) is 0 Å². The largest absolute Gasteiger partial charge is 0.317 e. The van der Waals surface area contributed by atoms with Gasteiger partial charge in [-0.05, 0) is 11.6 Å². The topological polar surface area (TPSA) is 20.3 Å². The van der Waals surface area contributed by atoms with Crippen LogP contribution in [-0.4, -0.2) is 22.8 Å². The molecule has 0 N–H and O–H groups in total. The van der Waals surface area contributed by atoms with Gasteiger partial charge in [0.05, 0.1) is 6.00 Å². The number of carbonyl (C=O) groups is 1. The van der Waals surface area contributed by atoms with E-state index in [9.17, 15) is 4.79 Å². The van der Waals surface area contributed by atoms with Crippen LogP contribution in [0, 0.1) is 0 Å². The van der Waals surface area contributed by atoms with E-state index in [1.165, 1.54) is 4.90 Å². The van der Waals surface area contributed by atoms with Crippen molar-refractivity contribution in [1.82, 2.24) is 4.90 Å². The minimum absolute atomic E-state index is 0.106. The molecule has 0 aliphatic rings. The van der Waals surface area contributed by atoms with E-state index >= 15 is 0 Å². The van der Waals surface area contributed by atoms with Crippen LogP contribution in [0.4, 0.5) is 4.79 Å². The first-order valence-electron chi connectivity index (χ1n) is 2.33. The van der Waals surface area contributed by atoms with Gasteiger partial charge in [-0.3, -0.25) is 4.79 Å². The summed E-state index contributed by atoms with van der Waals surface area (Å²) >= 11 is 10.4. The van der Waals surface area contributed by atoms with Crippen LogP contribution in [0.25, 0.3) is 0 Å². The van der Waals surface area contributed by atoms with E-state index in [1.807, 2.05) is 0 Å². The molecular weight excluding hydrogens is 161 g/mol. The SMILES string of the molecule is C=CCN(CCl)C(=O)Cl. The van der Waals surface area contributed by atoms with Gasteiger partial charge in [0, 0.05) is 6.54 Å². The molecule has 0 rings (SSSR count). The van der Waals surface area contributed by atoms with E-state index in [0.29, 0.717) is 6.54 Å². The Morgan fingerprint density at radius 2 is 2.33 bits per heavy atom. The fourth-order valence-corrected chi connectivity index (χ4v) is 0.719. The van der Waals surface area contributed by atoms with Crippen molar-refractivity contribution in [3.05, 3.63) is 12.7 Å². The molecule has 0 aliphatic carbocycles. The quantitative estimate of drug-likeness (QED) is 0.273. The Kier molecular flexibility index (Phi) is 4.54. The Morgan fingerprint density at radius 1 is 1.78 bits per heavy atom. The molecule has 0 saturated heterocycles. The van der Waals surface area contributed by atoms with E-state index in [-0.39, 0.29) is 6.00 Å². The number of hydrogen-bond acceptors (Lipinski definition) is 1. The third kappa shape index (κ3) is 3.38. The molecule has 1 amide bonds. The zero-order chi connectivity index (χ0) is 7.28. The van der Waals surface area contributed by atoms with E-state index in [2.05, 4.69) is 6.58 Å².